The summed E-state index contributed by atoms with van der Waals surface area (Å²) >= 11 is 0. The normalized spacial score (nSPS) is 12.9. The molecule has 0 N–H and O–H groups in total. The van der Waals surface area contributed by atoms with Crippen LogP contribution in [0.3, 0.4) is 0 Å². The van der Waals surface area contributed by atoms with E-state index < -0.39 is 0 Å². The predicted octanol–water partition coefficient (Wildman–Crippen LogP) is 3.63. The van der Waals surface area contributed by atoms with E-state index in [0.717, 1.165) is 0 Å². The molecule has 1 heteroatoms. The van der Waals surface area contributed by atoms with Gasteiger partial charge in [0, 0.05) is 5.92 Å². The fraction of sp³-hybridized carbons (Fsp3) is 0.500. The first kappa shape index (κ1) is 12.0. The summed E-state index contributed by atoms with van der Waals surface area (Å²) in [6.45, 7) is 10.0. The van der Waals surface area contributed by atoms with Gasteiger partial charge in [0.25, 0.3) is 0 Å². The van der Waals surface area contributed by atoms with Crippen molar-refractivity contribution in [2.45, 2.75) is 40.5 Å². The van der Waals surface area contributed by atoms with E-state index in [1.807, 2.05) is 0 Å². The van der Waals surface area contributed by atoms with E-state index in [9.17, 15) is 4.79 Å². The molecule has 0 radical (unpaired) electrons. The zero-order valence-corrected chi connectivity index (χ0v) is 10.3. The van der Waals surface area contributed by atoms with Gasteiger partial charge in [-0.2, -0.15) is 0 Å². The average Bonchev–Trinajstić information content (AvgIpc) is 2.10. The van der Waals surface area contributed by atoms with Crippen molar-refractivity contribution >= 4 is 5.78 Å². The van der Waals surface area contributed by atoms with Gasteiger partial charge >= 0.3 is 0 Å². The van der Waals surface area contributed by atoms with E-state index >= 15 is 0 Å². The molecule has 0 fully saturated rings. The number of rotatable bonds is 3. The number of ketones is 1. The van der Waals surface area contributed by atoms with Gasteiger partial charge in [0.15, 0.2) is 0 Å². The van der Waals surface area contributed by atoms with Crippen LogP contribution >= 0.6 is 0 Å². The third kappa shape index (κ3) is 2.68. The molecule has 1 atom stereocenters. The van der Waals surface area contributed by atoms with Crippen LogP contribution < -0.4 is 0 Å². The zero-order valence-electron chi connectivity index (χ0n) is 10.3. The Kier molecular flexibility index (Phi) is 3.67. The lowest BCUT2D eigenvalue weighted by atomic mass is 9.83. The standard InChI is InChI=1S/C14H20O/c1-9(2)14(12(5)15)13-8-10(3)6-7-11(13)4/h6-9,14H,1-5H3/t14-/m1/s1. The molecule has 0 saturated carbocycles. The largest absolute Gasteiger partial charge is 0.299 e. The van der Waals surface area contributed by atoms with Crippen LogP contribution in [-0.2, 0) is 4.79 Å². The second-order valence-electron chi connectivity index (χ2n) is 4.69. The Hall–Kier alpha value is -1.11. The van der Waals surface area contributed by atoms with E-state index in [2.05, 4.69) is 45.9 Å². The van der Waals surface area contributed by atoms with E-state index in [1.54, 1.807) is 6.92 Å². The maximum Gasteiger partial charge on any atom is 0.137 e. The van der Waals surface area contributed by atoms with E-state index in [-0.39, 0.29) is 11.7 Å². The second-order valence-corrected chi connectivity index (χ2v) is 4.69. The molecule has 0 saturated heterocycles. The zero-order chi connectivity index (χ0) is 11.6. The first-order chi connectivity index (χ1) is 6.93. The highest BCUT2D eigenvalue weighted by Gasteiger charge is 2.22. The smallest absolute Gasteiger partial charge is 0.137 e. The van der Waals surface area contributed by atoms with E-state index in [0.29, 0.717) is 5.92 Å². The summed E-state index contributed by atoms with van der Waals surface area (Å²) in [6, 6.07) is 6.33. The monoisotopic (exact) mass is 204 g/mol. The lowest BCUT2D eigenvalue weighted by Gasteiger charge is -2.20. The van der Waals surface area contributed by atoms with E-state index in [4.69, 9.17) is 0 Å². The molecule has 82 valence electrons. The van der Waals surface area contributed by atoms with Gasteiger partial charge in [-0.1, -0.05) is 37.6 Å². The number of Topliss-reactive ketones (excluding diaryl/α,β-unsaturated/α-hetero) is 1. The summed E-state index contributed by atoms with van der Waals surface area (Å²) in [7, 11) is 0. The fourth-order valence-electron chi connectivity index (χ4n) is 2.14. The van der Waals surface area contributed by atoms with Crippen LogP contribution in [0.1, 0.15) is 43.4 Å². The van der Waals surface area contributed by atoms with Gasteiger partial charge < -0.3 is 0 Å². The maximum absolute atomic E-state index is 11.6. The van der Waals surface area contributed by atoms with Crippen LogP contribution in [0.15, 0.2) is 18.2 Å². The Morgan fingerprint density at radius 2 is 1.80 bits per heavy atom. The molecule has 0 bridgehead atoms. The Bertz CT molecular complexity index is 364. The molecule has 1 aromatic rings. The number of benzene rings is 1. The Morgan fingerprint density at radius 1 is 1.20 bits per heavy atom. The first-order valence-electron chi connectivity index (χ1n) is 5.51. The summed E-state index contributed by atoms with van der Waals surface area (Å²) in [6.07, 6.45) is 0. The minimum absolute atomic E-state index is 0.0462. The number of hydrogen-bond donors (Lipinski definition) is 0. The molecular formula is C14H20O. The van der Waals surface area contributed by atoms with Crippen LogP contribution in [0.5, 0.6) is 0 Å². The second kappa shape index (κ2) is 4.61. The summed E-state index contributed by atoms with van der Waals surface area (Å²) in [4.78, 5) is 11.6. The number of aryl methyl sites for hydroxylation is 2. The molecule has 0 aliphatic rings. The molecule has 0 spiro atoms. The average molecular weight is 204 g/mol. The van der Waals surface area contributed by atoms with Crippen molar-refractivity contribution in [2.24, 2.45) is 5.92 Å². The molecule has 0 unspecified atom stereocenters. The third-order valence-electron chi connectivity index (χ3n) is 2.87. The van der Waals surface area contributed by atoms with Crippen molar-refractivity contribution < 1.29 is 4.79 Å². The minimum atomic E-state index is 0.0462. The number of carbonyl (C=O) groups is 1. The van der Waals surface area contributed by atoms with Crippen molar-refractivity contribution in [2.75, 3.05) is 0 Å². The van der Waals surface area contributed by atoms with Crippen molar-refractivity contribution in [1.82, 2.24) is 0 Å². The molecule has 1 aromatic carbocycles. The van der Waals surface area contributed by atoms with Crippen LogP contribution in [0, 0.1) is 19.8 Å². The highest BCUT2D eigenvalue weighted by Crippen LogP contribution is 2.28. The number of hydrogen-bond acceptors (Lipinski definition) is 1. The number of carbonyl (C=O) groups excluding carboxylic acids is 1. The lowest BCUT2D eigenvalue weighted by molar-refractivity contribution is -0.119. The molecule has 1 rings (SSSR count). The van der Waals surface area contributed by atoms with Crippen molar-refractivity contribution in [1.29, 1.82) is 0 Å². The first-order valence-corrected chi connectivity index (χ1v) is 5.51. The minimum Gasteiger partial charge on any atom is -0.299 e. The third-order valence-corrected chi connectivity index (χ3v) is 2.87. The molecule has 0 aromatic heterocycles. The highest BCUT2D eigenvalue weighted by molar-refractivity contribution is 5.84. The van der Waals surface area contributed by atoms with Crippen LogP contribution in [0.2, 0.25) is 0 Å². The van der Waals surface area contributed by atoms with Gasteiger partial charge in [-0.3, -0.25) is 4.79 Å². The molecule has 0 aliphatic carbocycles. The lowest BCUT2D eigenvalue weighted by Crippen LogP contribution is -2.16. The quantitative estimate of drug-likeness (QED) is 0.734. The predicted molar refractivity (Wildman–Crippen MR) is 64.2 cm³/mol. The molecule has 0 aliphatic heterocycles. The molecular weight excluding hydrogens is 184 g/mol. The summed E-state index contributed by atoms with van der Waals surface area (Å²) < 4.78 is 0. The molecule has 0 amide bonds. The summed E-state index contributed by atoms with van der Waals surface area (Å²) in [5, 5.41) is 0. The summed E-state index contributed by atoms with van der Waals surface area (Å²) in [5.41, 5.74) is 3.63. The van der Waals surface area contributed by atoms with Gasteiger partial charge in [0.2, 0.25) is 0 Å². The van der Waals surface area contributed by atoms with Gasteiger partial charge in [-0.05, 0) is 37.8 Å². The van der Waals surface area contributed by atoms with Gasteiger partial charge in [0.1, 0.15) is 5.78 Å². The van der Waals surface area contributed by atoms with Gasteiger partial charge in [-0.15, -0.1) is 0 Å². The fourth-order valence-corrected chi connectivity index (χ4v) is 2.14. The molecule has 15 heavy (non-hydrogen) atoms. The summed E-state index contributed by atoms with van der Waals surface area (Å²) in [5.74, 6) is 0.673. The molecule has 0 heterocycles. The van der Waals surface area contributed by atoms with Crippen LogP contribution in [0.25, 0.3) is 0 Å². The van der Waals surface area contributed by atoms with Gasteiger partial charge in [-0.25, -0.2) is 0 Å². The Balaban J connectivity index is 3.22. The maximum atomic E-state index is 11.6. The Labute approximate surface area is 92.5 Å². The van der Waals surface area contributed by atoms with E-state index in [1.165, 1.54) is 16.7 Å². The van der Waals surface area contributed by atoms with Crippen molar-refractivity contribution in [3.05, 3.63) is 34.9 Å². The van der Waals surface area contributed by atoms with Crippen molar-refractivity contribution in [3.63, 3.8) is 0 Å². The molecule has 1 nitrogen and oxygen atoms in total. The topological polar surface area (TPSA) is 17.1 Å². The Morgan fingerprint density at radius 3 is 2.27 bits per heavy atom. The van der Waals surface area contributed by atoms with Crippen molar-refractivity contribution in [3.8, 4) is 0 Å². The van der Waals surface area contributed by atoms with Gasteiger partial charge in [0.05, 0.1) is 0 Å². The van der Waals surface area contributed by atoms with Crippen LogP contribution in [-0.4, -0.2) is 5.78 Å². The van der Waals surface area contributed by atoms with Crippen LogP contribution in [0.4, 0.5) is 0 Å². The highest BCUT2D eigenvalue weighted by atomic mass is 16.1. The SMILES string of the molecule is CC(=O)[C@H](c1cc(C)ccc1C)C(C)C.